The lowest BCUT2D eigenvalue weighted by Gasteiger charge is -2.36. The van der Waals surface area contributed by atoms with Crippen molar-refractivity contribution < 1.29 is 10.0 Å². The van der Waals surface area contributed by atoms with Gasteiger partial charge in [0.15, 0.2) is 0 Å². The van der Waals surface area contributed by atoms with Gasteiger partial charge in [-0.1, -0.05) is 0 Å². The number of nitro benzene ring substituents is 1. The maximum Gasteiger partial charge on any atom is 0.275 e. The van der Waals surface area contributed by atoms with Gasteiger partial charge in [-0.3, -0.25) is 10.1 Å². The molecular weight excluding hydrogens is 220 g/mol. The van der Waals surface area contributed by atoms with Crippen molar-refractivity contribution >= 4 is 11.4 Å². The summed E-state index contributed by atoms with van der Waals surface area (Å²) < 4.78 is 0. The van der Waals surface area contributed by atoms with Crippen LogP contribution in [0.2, 0.25) is 0 Å². The Kier molecular flexibility index (Phi) is 3.28. The Bertz CT molecular complexity index is 430. The molecule has 1 fully saturated rings. The largest absolute Gasteiger partial charge is 0.391 e. The first kappa shape index (κ1) is 11.9. The summed E-state index contributed by atoms with van der Waals surface area (Å²) in [6.45, 7) is -0.303. The smallest absolute Gasteiger partial charge is 0.275 e. The molecule has 1 aliphatic rings. The number of rotatable bonds is 4. The highest BCUT2D eigenvalue weighted by Gasteiger charge is 2.23. The van der Waals surface area contributed by atoms with E-state index < -0.39 is 4.92 Å². The Morgan fingerprint density at radius 2 is 2.24 bits per heavy atom. The van der Waals surface area contributed by atoms with Gasteiger partial charge in [-0.05, 0) is 31.4 Å². The monoisotopic (exact) mass is 236 g/mol. The van der Waals surface area contributed by atoms with Crippen molar-refractivity contribution in [2.24, 2.45) is 0 Å². The van der Waals surface area contributed by atoms with E-state index in [1.807, 2.05) is 7.05 Å². The first-order chi connectivity index (χ1) is 8.13. The van der Waals surface area contributed by atoms with Crippen molar-refractivity contribution in [2.75, 3.05) is 11.9 Å². The van der Waals surface area contributed by atoms with Crippen LogP contribution in [0, 0.1) is 10.1 Å². The summed E-state index contributed by atoms with van der Waals surface area (Å²) in [6.07, 6.45) is 3.58. The van der Waals surface area contributed by atoms with Crippen molar-refractivity contribution in [3.05, 3.63) is 33.9 Å². The highest BCUT2D eigenvalue weighted by atomic mass is 16.6. The molecule has 2 rings (SSSR count). The molecule has 0 amide bonds. The van der Waals surface area contributed by atoms with Crippen LogP contribution in [0.3, 0.4) is 0 Å². The molecule has 0 heterocycles. The van der Waals surface area contributed by atoms with Crippen LogP contribution in [0.5, 0.6) is 0 Å². The Labute approximate surface area is 99.8 Å². The summed E-state index contributed by atoms with van der Waals surface area (Å²) in [7, 11) is 1.99. The summed E-state index contributed by atoms with van der Waals surface area (Å²) in [6, 6.07) is 5.45. The second-order valence-corrected chi connectivity index (χ2v) is 4.42. The van der Waals surface area contributed by atoms with Crippen LogP contribution in [-0.2, 0) is 6.61 Å². The molecule has 17 heavy (non-hydrogen) atoms. The third kappa shape index (κ3) is 2.24. The molecule has 0 bridgehead atoms. The van der Waals surface area contributed by atoms with E-state index in [0.29, 0.717) is 11.6 Å². The summed E-state index contributed by atoms with van der Waals surface area (Å²) in [4.78, 5) is 12.4. The number of anilines is 1. The fraction of sp³-hybridized carbons (Fsp3) is 0.500. The van der Waals surface area contributed by atoms with E-state index in [0.717, 1.165) is 5.69 Å². The van der Waals surface area contributed by atoms with Gasteiger partial charge in [-0.15, -0.1) is 0 Å². The number of nitrogens with zero attached hydrogens (tertiary/aromatic N) is 2. The lowest BCUT2D eigenvalue weighted by atomic mass is 9.91. The van der Waals surface area contributed by atoms with Gasteiger partial charge in [0.1, 0.15) is 0 Å². The average molecular weight is 236 g/mol. The van der Waals surface area contributed by atoms with E-state index in [1.54, 1.807) is 12.1 Å². The zero-order valence-electron chi connectivity index (χ0n) is 9.80. The highest BCUT2D eigenvalue weighted by molar-refractivity contribution is 5.55. The SMILES string of the molecule is CN(c1ccc([N+](=O)[O-])c(CO)c1)C1CCC1. The number of benzene rings is 1. The van der Waals surface area contributed by atoms with Gasteiger partial charge in [0.05, 0.1) is 17.1 Å². The molecule has 0 unspecified atom stereocenters. The van der Waals surface area contributed by atoms with Crippen molar-refractivity contribution in [3.8, 4) is 0 Å². The van der Waals surface area contributed by atoms with E-state index >= 15 is 0 Å². The molecule has 0 radical (unpaired) electrons. The van der Waals surface area contributed by atoms with E-state index in [1.165, 1.54) is 25.3 Å². The molecule has 0 saturated heterocycles. The highest BCUT2D eigenvalue weighted by Crippen LogP contribution is 2.31. The van der Waals surface area contributed by atoms with Crippen LogP contribution in [0.25, 0.3) is 0 Å². The minimum absolute atomic E-state index is 0.0155. The van der Waals surface area contributed by atoms with E-state index in [2.05, 4.69) is 4.90 Å². The van der Waals surface area contributed by atoms with Crippen LogP contribution >= 0.6 is 0 Å². The Morgan fingerprint density at radius 1 is 1.53 bits per heavy atom. The fourth-order valence-electron chi connectivity index (χ4n) is 2.08. The van der Waals surface area contributed by atoms with Gasteiger partial charge in [0, 0.05) is 24.8 Å². The third-order valence-corrected chi connectivity index (χ3v) is 3.46. The van der Waals surface area contributed by atoms with E-state index in [4.69, 9.17) is 5.11 Å². The molecule has 0 atom stereocenters. The summed E-state index contributed by atoms with van der Waals surface area (Å²) in [5.74, 6) is 0. The number of nitro groups is 1. The molecule has 1 N–H and O–H groups in total. The third-order valence-electron chi connectivity index (χ3n) is 3.46. The van der Waals surface area contributed by atoms with Gasteiger partial charge in [-0.25, -0.2) is 0 Å². The minimum Gasteiger partial charge on any atom is -0.391 e. The van der Waals surface area contributed by atoms with Crippen molar-refractivity contribution in [1.82, 2.24) is 0 Å². The quantitative estimate of drug-likeness (QED) is 0.642. The van der Waals surface area contributed by atoms with Crippen LogP contribution in [0.1, 0.15) is 24.8 Å². The lowest BCUT2D eigenvalue weighted by Crippen LogP contribution is -2.37. The standard InChI is InChI=1S/C12H16N2O3/c1-13(10-3-2-4-10)11-5-6-12(14(16)17)9(7-11)8-15/h5-7,10,15H,2-4,8H2,1H3. The predicted octanol–water partition coefficient (Wildman–Crippen LogP) is 2.08. The van der Waals surface area contributed by atoms with Gasteiger partial charge >= 0.3 is 0 Å². The molecule has 0 aliphatic heterocycles. The molecular formula is C12H16N2O3. The number of aliphatic hydroxyl groups excluding tert-OH is 1. The maximum atomic E-state index is 10.7. The molecule has 0 aromatic heterocycles. The van der Waals surface area contributed by atoms with Gasteiger partial charge in [-0.2, -0.15) is 0 Å². The van der Waals surface area contributed by atoms with E-state index in [-0.39, 0.29) is 12.3 Å². The molecule has 1 aliphatic carbocycles. The molecule has 1 aromatic rings. The topological polar surface area (TPSA) is 66.6 Å². The first-order valence-corrected chi connectivity index (χ1v) is 5.74. The van der Waals surface area contributed by atoms with Crippen molar-refractivity contribution in [1.29, 1.82) is 0 Å². The van der Waals surface area contributed by atoms with Gasteiger partial charge < -0.3 is 10.0 Å². The summed E-state index contributed by atoms with van der Waals surface area (Å²) >= 11 is 0. The van der Waals surface area contributed by atoms with Crippen molar-refractivity contribution in [3.63, 3.8) is 0 Å². The lowest BCUT2D eigenvalue weighted by molar-refractivity contribution is -0.385. The molecule has 5 heteroatoms. The van der Waals surface area contributed by atoms with Gasteiger partial charge in [0.2, 0.25) is 0 Å². The minimum atomic E-state index is -0.460. The Balaban J connectivity index is 2.27. The van der Waals surface area contributed by atoms with Crippen LogP contribution in [-0.4, -0.2) is 23.1 Å². The van der Waals surface area contributed by atoms with Crippen LogP contribution in [0.15, 0.2) is 18.2 Å². The Hall–Kier alpha value is -1.62. The first-order valence-electron chi connectivity index (χ1n) is 5.74. The van der Waals surface area contributed by atoms with Crippen LogP contribution in [0.4, 0.5) is 11.4 Å². The molecule has 92 valence electrons. The number of aliphatic hydroxyl groups is 1. The van der Waals surface area contributed by atoms with Crippen LogP contribution < -0.4 is 4.90 Å². The summed E-state index contributed by atoms with van der Waals surface area (Å²) in [5.41, 5.74) is 1.29. The second-order valence-electron chi connectivity index (χ2n) is 4.42. The maximum absolute atomic E-state index is 10.7. The Morgan fingerprint density at radius 3 is 2.71 bits per heavy atom. The van der Waals surface area contributed by atoms with E-state index in [9.17, 15) is 10.1 Å². The fourth-order valence-corrected chi connectivity index (χ4v) is 2.08. The zero-order chi connectivity index (χ0) is 12.4. The number of hydrogen-bond donors (Lipinski definition) is 1. The second kappa shape index (κ2) is 4.71. The molecule has 1 aromatic carbocycles. The van der Waals surface area contributed by atoms with Crippen molar-refractivity contribution in [2.45, 2.75) is 31.9 Å². The zero-order valence-corrected chi connectivity index (χ0v) is 9.80. The summed E-state index contributed by atoms with van der Waals surface area (Å²) in [5, 5.41) is 19.9. The molecule has 5 nitrogen and oxygen atoms in total. The normalized spacial score (nSPS) is 15.4. The predicted molar refractivity (Wildman–Crippen MR) is 65.1 cm³/mol. The molecule has 1 saturated carbocycles. The number of hydrogen-bond acceptors (Lipinski definition) is 4. The molecule has 0 spiro atoms. The van der Waals surface area contributed by atoms with Gasteiger partial charge in [0.25, 0.3) is 5.69 Å². The average Bonchev–Trinajstić information content (AvgIpc) is 2.25.